The first kappa shape index (κ1) is 35.0. The van der Waals surface area contributed by atoms with E-state index in [4.69, 9.17) is 38.2 Å². The number of hydrogen-bond acceptors (Lipinski definition) is 8. The summed E-state index contributed by atoms with van der Waals surface area (Å²) in [7, 11) is 0. The van der Waals surface area contributed by atoms with Gasteiger partial charge in [-0.25, -0.2) is 19.9 Å². The number of aromatic nitrogens is 5. The van der Waals surface area contributed by atoms with Crippen molar-refractivity contribution in [3.8, 4) is 67.9 Å². The second-order valence-corrected chi connectivity index (χ2v) is 15.6. The summed E-state index contributed by atoms with van der Waals surface area (Å²) in [6, 6.07) is 63.0. The van der Waals surface area contributed by atoms with Gasteiger partial charge in [-0.3, -0.25) is 0 Å². The fourth-order valence-corrected chi connectivity index (χ4v) is 8.87. The van der Waals surface area contributed by atoms with E-state index in [2.05, 4.69) is 54.6 Å². The highest BCUT2D eigenvalue weighted by Crippen LogP contribution is 2.44. The molecule has 8 aromatic carbocycles. The van der Waals surface area contributed by atoms with Gasteiger partial charge in [0.15, 0.2) is 23.3 Å². The minimum absolute atomic E-state index is 0.529. The van der Waals surface area contributed by atoms with Gasteiger partial charge < -0.3 is 13.3 Å². The molecule has 5 aromatic heterocycles. The van der Waals surface area contributed by atoms with E-state index in [0.29, 0.717) is 29.0 Å². The Bertz CT molecular complexity index is 3910. The average Bonchev–Trinajstić information content (AvgIpc) is 4.05. The summed E-state index contributed by atoms with van der Waals surface area (Å²) in [6.07, 6.45) is 0. The Labute approximate surface area is 358 Å². The maximum atomic E-state index is 6.59. The van der Waals surface area contributed by atoms with Crippen molar-refractivity contribution in [2.24, 2.45) is 0 Å². The number of para-hydroxylation sites is 1. The maximum Gasteiger partial charge on any atom is 0.231 e. The van der Waals surface area contributed by atoms with Crippen LogP contribution in [-0.2, 0) is 0 Å². The lowest BCUT2D eigenvalue weighted by molar-refractivity contribution is 0.653. The van der Waals surface area contributed by atoms with Gasteiger partial charge in [0.25, 0.3) is 0 Å². The van der Waals surface area contributed by atoms with Crippen molar-refractivity contribution in [2.75, 3.05) is 0 Å². The molecule has 0 spiro atoms. The fraction of sp³-hybridized carbons (Fsp3) is 0. The SMILES string of the molecule is c1ccc(-c2nc(-c3ccc4c(c3)oc3ccccc34)nc(-c3cccc4oc5ccc(-c6cccc7oc8nc(-c9ccccc9)nc(-c9ccccc9)c8c67)cc5c34)n2)cc1. The Morgan fingerprint density at radius 2 is 0.825 bits per heavy atom. The summed E-state index contributed by atoms with van der Waals surface area (Å²) >= 11 is 0. The van der Waals surface area contributed by atoms with Gasteiger partial charge in [-0.15, -0.1) is 0 Å². The summed E-state index contributed by atoms with van der Waals surface area (Å²) in [5, 5.41) is 5.74. The van der Waals surface area contributed by atoms with Crippen LogP contribution < -0.4 is 0 Å². The van der Waals surface area contributed by atoms with Crippen LogP contribution >= 0.6 is 0 Å². The number of fused-ring (bicyclic) bond motifs is 9. The zero-order valence-corrected chi connectivity index (χ0v) is 33.4. The average molecular weight is 810 g/mol. The Morgan fingerprint density at radius 3 is 1.59 bits per heavy atom. The zero-order valence-electron chi connectivity index (χ0n) is 33.4. The maximum absolute atomic E-state index is 6.59. The van der Waals surface area contributed by atoms with E-state index >= 15 is 0 Å². The van der Waals surface area contributed by atoms with Gasteiger partial charge in [0.2, 0.25) is 5.71 Å². The van der Waals surface area contributed by atoms with Gasteiger partial charge in [0.05, 0.1) is 11.1 Å². The molecule has 0 aliphatic carbocycles. The molecule has 63 heavy (non-hydrogen) atoms. The van der Waals surface area contributed by atoms with Crippen molar-refractivity contribution in [3.05, 3.63) is 188 Å². The van der Waals surface area contributed by atoms with Gasteiger partial charge in [-0.2, -0.15) is 4.98 Å². The van der Waals surface area contributed by atoms with Crippen LogP contribution in [-0.4, -0.2) is 24.9 Å². The molecule has 0 unspecified atom stereocenters. The smallest absolute Gasteiger partial charge is 0.231 e. The van der Waals surface area contributed by atoms with Crippen molar-refractivity contribution in [1.29, 1.82) is 0 Å². The van der Waals surface area contributed by atoms with E-state index in [0.717, 1.165) is 105 Å². The third-order valence-corrected chi connectivity index (χ3v) is 11.8. The molecule has 0 aliphatic rings. The monoisotopic (exact) mass is 809 g/mol. The van der Waals surface area contributed by atoms with Gasteiger partial charge in [0.1, 0.15) is 27.9 Å². The van der Waals surface area contributed by atoms with Gasteiger partial charge >= 0.3 is 0 Å². The van der Waals surface area contributed by atoms with E-state index in [1.54, 1.807) is 0 Å². The molecule has 0 saturated heterocycles. The number of rotatable bonds is 6. The topological polar surface area (TPSA) is 104 Å². The molecule has 294 valence electrons. The number of nitrogens with zero attached hydrogens (tertiary/aromatic N) is 5. The quantitative estimate of drug-likeness (QED) is 0.164. The standard InChI is InChI=1S/C55H31N5O3/c1-4-14-32(15-5-1)50-49-48-37(21-12-25-45(48)63-55(49)60-51(56-50)33-16-6-2-7-17-33)35-27-29-43-41(30-35)47-40(22-13-24-44(47)61-43)54-58-52(34-18-8-3-9-19-34)57-53(59-54)36-26-28-39-38-20-10-11-23-42(38)62-46(39)31-36/h1-31H. The lowest BCUT2D eigenvalue weighted by Crippen LogP contribution is -2.00. The van der Waals surface area contributed by atoms with E-state index in [-0.39, 0.29) is 0 Å². The Balaban J connectivity index is 1.01. The first-order valence-corrected chi connectivity index (χ1v) is 20.7. The lowest BCUT2D eigenvalue weighted by atomic mass is 9.96. The predicted octanol–water partition coefficient (Wildman–Crippen LogP) is 14.4. The van der Waals surface area contributed by atoms with Crippen LogP contribution in [0.2, 0.25) is 0 Å². The molecule has 8 nitrogen and oxygen atoms in total. The minimum atomic E-state index is 0.529. The molecule has 0 bridgehead atoms. The Kier molecular flexibility index (Phi) is 7.74. The second kappa shape index (κ2) is 13.9. The van der Waals surface area contributed by atoms with E-state index in [9.17, 15) is 0 Å². The van der Waals surface area contributed by atoms with Gasteiger partial charge in [0, 0.05) is 54.7 Å². The van der Waals surface area contributed by atoms with Crippen LogP contribution in [0.3, 0.4) is 0 Å². The zero-order chi connectivity index (χ0) is 41.4. The molecular weight excluding hydrogens is 779 g/mol. The molecule has 13 rings (SSSR count). The third kappa shape index (κ3) is 5.73. The lowest BCUT2D eigenvalue weighted by Gasteiger charge is -2.10. The van der Waals surface area contributed by atoms with Crippen molar-refractivity contribution in [1.82, 2.24) is 24.9 Å². The molecule has 5 heterocycles. The summed E-state index contributed by atoms with van der Waals surface area (Å²) < 4.78 is 19.4. The first-order valence-electron chi connectivity index (χ1n) is 20.7. The number of hydrogen-bond donors (Lipinski definition) is 0. The highest BCUT2D eigenvalue weighted by molar-refractivity contribution is 6.18. The molecule has 0 N–H and O–H groups in total. The van der Waals surface area contributed by atoms with E-state index in [1.165, 1.54) is 0 Å². The van der Waals surface area contributed by atoms with Gasteiger partial charge in [-0.05, 0) is 53.6 Å². The van der Waals surface area contributed by atoms with Crippen LogP contribution in [0, 0.1) is 0 Å². The fourth-order valence-electron chi connectivity index (χ4n) is 8.87. The molecule has 13 aromatic rings. The largest absolute Gasteiger partial charge is 0.456 e. The van der Waals surface area contributed by atoms with Gasteiger partial charge in [-0.1, -0.05) is 146 Å². The first-order chi connectivity index (χ1) is 31.2. The molecule has 0 atom stereocenters. The van der Waals surface area contributed by atoms with Crippen molar-refractivity contribution >= 4 is 65.9 Å². The highest BCUT2D eigenvalue weighted by Gasteiger charge is 2.23. The number of furan rings is 3. The summed E-state index contributed by atoms with van der Waals surface area (Å²) in [6.45, 7) is 0. The van der Waals surface area contributed by atoms with Crippen molar-refractivity contribution in [2.45, 2.75) is 0 Å². The molecular formula is C55H31N5O3. The van der Waals surface area contributed by atoms with Crippen LogP contribution in [0.4, 0.5) is 0 Å². The molecule has 0 fully saturated rings. The molecule has 0 saturated carbocycles. The third-order valence-electron chi connectivity index (χ3n) is 11.8. The van der Waals surface area contributed by atoms with Crippen LogP contribution in [0.5, 0.6) is 0 Å². The van der Waals surface area contributed by atoms with E-state index < -0.39 is 0 Å². The van der Waals surface area contributed by atoms with E-state index in [1.807, 2.05) is 133 Å². The molecule has 0 radical (unpaired) electrons. The summed E-state index contributed by atoms with van der Waals surface area (Å²) in [4.78, 5) is 25.5. The second-order valence-electron chi connectivity index (χ2n) is 15.6. The van der Waals surface area contributed by atoms with Crippen molar-refractivity contribution in [3.63, 3.8) is 0 Å². The molecule has 0 aliphatic heterocycles. The molecule has 0 amide bonds. The normalized spacial score (nSPS) is 11.8. The molecule has 8 heteroatoms. The Morgan fingerprint density at radius 1 is 0.270 bits per heavy atom. The van der Waals surface area contributed by atoms with Crippen LogP contribution in [0.25, 0.3) is 134 Å². The number of benzene rings is 8. The summed E-state index contributed by atoms with van der Waals surface area (Å²) in [5.41, 5.74) is 11.5. The van der Waals surface area contributed by atoms with Crippen molar-refractivity contribution < 1.29 is 13.3 Å². The summed E-state index contributed by atoms with van der Waals surface area (Å²) in [5.74, 6) is 2.24. The minimum Gasteiger partial charge on any atom is -0.456 e. The highest BCUT2D eigenvalue weighted by atomic mass is 16.3. The Hall–Kier alpha value is -8.75. The van der Waals surface area contributed by atoms with Crippen LogP contribution in [0.1, 0.15) is 0 Å². The predicted molar refractivity (Wildman–Crippen MR) is 250 cm³/mol. The van der Waals surface area contributed by atoms with Crippen LogP contribution in [0.15, 0.2) is 201 Å².